The number of carbonyl (C=O) groups excluding carboxylic acids is 1. The second-order valence-electron chi connectivity index (χ2n) is 3.43. The van der Waals surface area contributed by atoms with Crippen molar-refractivity contribution in [2.24, 2.45) is 5.92 Å². The largest absolute Gasteiger partial charge is 0.297 e. The normalized spacial score (nSPS) is 12.8. The molecule has 0 fully saturated rings. The Bertz CT molecular complexity index is 291. The zero-order chi connectivity index (χ0) is 9.84. The summed E-state index contributed by atoms with van der Waals surface area (Å²) in [5.74, 6) is 0.398. The molecule has 0 aliphatic carbocycles. The van der Waals surface area contributed by atoms with Crippen LogP contribution in [0.15, 0.2) is 12.3 Å². The van der Waals surface area contributed by atoms with Crippen molar-refractivity contribution in [1.29, 1.82) is 0 Å². The van der Waals surface area contributed by atoms with E-state index in [2.05, 4.69) is 5.10 Å². The Balaban J connectivity index is 2.54. The van der Waals surface area contributed by atoms with E-state index in [0.717, 1.165) is 12.1 Å². The van der Waals surface area contributed by atoms with E-state index in [1.165, 1.54) is 0 Å². The minimum Gasteiger partial charge on any atom is -0.297 e. The topological polar surface area (TPSA) is 34.9 Å². The first-order valence-electron chi connectivity index (χ1n) is 4.66. The summed E-state index contributed by atoms with van der Waals surface area (Å²) < 4.78 is 1.70. The fraction of sp³-hybridized carbons (Fsp3) is 0.600. The fourth-order valence-electron chi connectivity index (χ4n) is 1.09. The van der Waals surface area contributed by atoms with Gasteiger partial charge in [0, 0.05) is 12.1 Å². The molecule has 1 aromatic heterocycles. The Kier molecular flexibility index (Phi) is 3.23. The van der Waals surface area contributed by atoms with Gasteiger partial charge in [-0.2, -0.15) is 5.10 Å². The lowest BCUT2D eigenvalue weighted by molar-refractivity contribution is -0.123. The summed E-state index contributed by atoms with van der Waals surface area (Å²) in [6.45, 7) is 6.31. The Morgan fingerprint density at radius 3 is 2.85 bits per heavy atom. The van der Waals surface area contributed by atoms with E-state index in [9.17, 15) is 4.79 Å². The molecule has 3 nitrogen and oxygen atoms in total. The van der Waals surface area contributed by atoms with Crippen molar-refractivity contribution >= 4 is 5.78 Å². The number of hydrogen-bond donors (Lipinski definition) is 0. The molecule has 0 bridgehead atoms. The van der Waals surface area contributed by atoms with Crippen LogP contribution in [0, 0.1) is 12.8 Å². The third-order valence-electron chi connectivity index (χ3n) is 2.25. The third-order valence-corrected chi connectivity index (χ3v) is 2.25. The second-order valence-corrected chi connectivity index (χ2v) is 3.43. The van der Waals surface area contributed by atoms with Crippen LogP contribution in [0.4, 0.5) is 0 Å². The van der Waals surface area contributed by atoms with Gasteiger partial charge >= 0.3 is 0 Å². The van der Waals surface area contributed by atoms with E-state index in [4.69, 9.17) is 0 Å². The minimum atomic E-state index is 0.143. The quantitative estimate of drug-likeness (QED) is 0.708. The standard InChI is InChI=1S/C10H16N2O/c1-4-8(2)10(13)7-12-6-5-9(3)11-12/h5-6,8H,4,7H2,1-3H3. The van der Waals surface area contributed by atoms with Crippen molar-refractivity contribution in [2.45, 2.75) is 33.7 Å². The summed E-state index contributed by atoms with van der Waals surface area (Å²) in [6.07, 6.45) is 2.74. The van der Waals surface area contributed by atoms with Crippen LogP contribution in [-0.4, -0.2) is 15.6 Å². The lowest BCUT2D eigenvalue weighted by Crippen LogP contribution is -2.17. The molecule has 13 heavy (non-hydrogen) atoms. The predicted octanol–water partition coefficient (Wildman–Crippen LogP) is 1.81. The molecular formula is C10H16N2O. The van der Waals surface area contributed by atoms with Crippen LogP contribution in [0.5, 0.6) is 0 Å². The van der Waals surface area contributed by atoms with Gasteiger partial charge in [-0.25, -0.2) is 0 Å². The van der Waals surface area contributed by atoms with Crippen molar-refractivity contribution in [2.75, 3.05) is 0 Å². The van der Waals surface area contributed by atoms with Gasteiger partial charge in [0.25, 0.3) is 0 Å². The average molecular weight is 180 g/mol. The van der Waals surface area contributed by atoms with E-state index >= 15 is 0 Å². The van der Waals surface area contributed by atoms with Crippen molar-refractivity contribution < 1.29 is 4.79 Å². The van der Waals surface area contributed by atoms with Crippen LogP contribution in [0.1, 0.15) is 26.0 Å². The van der Waals surface area contributed by atoms with E-state index in [-0.39, 0.29) is 11.7 Å². The molecule has 0 aliphatic rings. The predicted molar refractivity (Wildman–Crippen MR) is 51.4 cm³/mol. The molecule has 0 saturated heterocycles. The average Bonchev–Trinajstić information content (AvgIpc) is 2.49. The first-order chi connectivity index (χ1) is 6.13. The van der Waals surface area contributed by atoms with Gasteiger partial charge in [-0.05, 0) is 19.4 Å². The number of aryl methyl sites for hydroxylation is 1. The maximum atomic E-state index is 11.5. The smallest absolute Gasteiger partial charge is 0.157 e. The van der Waals surface area contributed by atoms with Crippen LogP contribution < -0.4 is 0 Å². The molecule has 1 aromatic rings. The lowest BCUT2D eigenvalue weighted by Gasteiger charge is -2.06. The highest BCUT2D eigenvalue weighted by Crippen LogP contribution is 2.04. The Labute approximate surface area is 78.8 Å². The number of nitrogens with zero attached hydrogens (tertiary/aromatic N) is 2. The van der Waals surface area contributed by atoms with Gasteiger partial charge in [0.1, 0.15) is 0 Å². The maximum Gasteiger partial charge on any atom is 0.157 e. The molecular weight excluding hydrogens is 164 g/mol. The van der Waals surface area contributed by atoms with Gasteiger partial charge in [-0.1, -0.05) is 13.8 Å². The molecule has 72 valence electrons. The summed E-state index contributed by atoms with van der Waals surface area (Å²) in [5, 5.41) is 4.16. The third kappa shape index (κ3) is 2.68. The van der Waals surface area contributed by atoms with E-state index in [0.29, 0.717) is 6.54 Å². The van der Waals surface area contributed by atoms with Crippen LogP contribution in [0.3, 0.4) is 0 Å². The molecule has 1 rings (SSSR count). The molecule has 1 atom stereocenters. The van der Waals surface area contributed by atoms with Crippen LogP contribution >= 0.6 is 0 Å². The van der Waals surface area contributed by atoms with Crippen LogP contribution in [0.2, 0.25) is 0 Å². The highest BCUT2D eigenvalue weighted by molar-refractivity contribution is 5.80. The van der Waals surface area contributed by atoms with Crippen LogP contribution in [-0.2, 0) is 11.3 Å². The summed E-state index contributed by atoms with van der Waals surface area (Å²) in [6, 6.07) is 1.91. The Morgan fingerprint density at radius 1 is 1.69 bits per heavy atom. The highest BCUT2D eigenvalue weighted by atomic mass is 16.1. The minimum absolute atomic E-state index is 0.143. The summed E-state index contributed by atoms with van der Waals surface area (Å²) >= 11 is 0. The van der Waals surface area contributed by atoms with Gasteiger partial charge < -0.3 is 0 Å². The van der Waals surface area contributed by atoms with Crippen molar-refractivity contribution in [3.05, 3.63) is 18.0 Å². The molecule has 3 heteroatoms. The van der Waals surface area contributed by atoms with Crippen LogP contribution in [0.25, 0.3) is 0 Å². The van der Waals surface area contributed by atoms with Crippen molar-refractivity contribution in [1.82, 2.24) is 9.78 Å². The van der Waals surface area contributed by atoms with E-state index in [1.807, 2.05) is 33.0 Å². The van der Waals surface area contributed by atoms with E-state index in [1.54, 1.807) is 4.68 Å². The molecule has 0 amide bonds. The van der Waals surface area contributed by atoms with E-state index < -0.39 is 0 Å². The molecule has 1 unspecified atom stereocenters. The highest BCUT2D eigenvalue weighted by Gasteiger charge is 2.10. The molecule has 0 saturated carbocycles. The molecule has 0 radical (unpaired) electrons. The fourth-order valence-corrected chi connectivity index (χ4v) is 1.09. The molecule has 0 aromatic carbocycles. The number of aromatic nitrogens is 2. The zero-order valence-electron chi connectivity index (χ0n) is 8.45. The van der Waals surface area contributed by atoms with Gasteiger partial charge in [0.2, 0.25) is 0 Å². The van der Waals surface area contributed by atoms with Crippen molar-refractivity contribution in [3.63, 3.8) is 0 Å². The van der Waals surface area contributed by atoms with Gasteiger partial charge in [0.05, 0.1) is 12.2 Å². The SMILES string of the molecule is CCC(C)C(=O)Cn1ccc(C)n1. The first kappa shape index (κ1) is 9.96. The zero-order valence-corrected chi connectivity index (χ0v) is 8.45. The first-order valence-corrected chi connectivity index (χ1v) is 4.66. The molecule has 1 heterocycles. The Hall–Kier alpha value is -1.12. The number of hydrogen-bond acceptors (Lipinski definition) is 2. The summed E-state index contributed by atoms with van der Waals surface area (Å²) in [7, 11) is 0. The monoisotopic (exact) mass is 180 g/mol. The Morgan fingerprint density at radius 2 is 2.38 bits per heavy atom. The molecule has 0 spiro atoms. The number of Topliss-reactive ketones (excluding diaryl/α,β-unsaturated/α-hetero) is 1. The number of rotatable bonds is 4. The molecule has 0 N–H and O–H groups in total. The number of carbonyl (C=O) groups is 1. The maximum absolute atomic E-state index is 11.5. The number of ketones is 1. The van der Waals surface area contributed by atoms with Gasteiger partial charge in [0.15, 0.2) is 5.78 Å². The summed E-state index contributed by atoms with van der Waals surface area (Å²) in [4.78, 5) is 11.5. The van der Waals surface area contributed by atoms with Crippen molar-refractivity contribution in [3.8, 4) is 0 Å². The second kappa shape index (κ2) is 4.21. The van der Waals surface area contributed by atoms with Gasteiger partial charge in [-0.3, -0.25) is 9.48 Å². The summed E-state index contributed by atoms with van der Waals surface area (Å²) in [5.41, 5.74) is 0.956. The lowest BCUT2D eigenvalue weighted by atomic mass is 10.0. The molecule has 0 aliphatic heterocycles. The van der Waals surface area contributed by atoms with Gasteiger partial charge in [-0.15, -0.1) is 0 Å².